The average Bonchev–Trinajstić information content (AvgIpc) is 2.38. The highest BCUT2D eigenvalue weighted by Gasteiger charge is 2.20. The van der Waals surface area contributed by atoms with Gasteiger partial charge in [0.1, 0.15) is 5.82 Å². The van der Waals surface area contributed by atoms with Crippen LogP contribution in [-0.4, -0.2) is 59.3 Å². The Morgan fingerprint density at radius 2 is 2.20 bits per heavy atom. The molecule has 0 bridgehead atoms. The molecule has 1 rings (SSSR count). The molecule has 1 heterocycles. The van der Waals surface area contributed by atoms with Crippen molar-refractivity contribution in [2.24, 2.45) is 0 Å². The molecule has 20 heavy (non-hydrogen) atoms. The fraction of sp³-hybridized carbons (Fsp3) is 0.615. The van der Waals surface area contributed by atoms with Crippen molar-refractivity contribution in [2.75, 3.05) is 33.0 Å². The number of ether oxygens (including phenoxy) is 1. The molecule has 0 radical (unpaired) electrons. The van der Waals surface area contributed by atoms with Gasteiger partial charge in [0.05, 0.1) is 24.6 Å². The molecule has 1 aromatic rings. The van der Waals surface area contributed by atoms with Crippen LogP contribution in [0.3, 0.4) is 0 Å². The Balaban J connectivity index is 2.88. The lowest BCUT2D eigenvalue weighted by Crippen LogP contribution is -2.37. The van der Waals surface area contributed by atoms with Gasteiger partial charge in [0.15, 0.2) is 5.69 Å². The van der Waals surface area contributed by atoms with E-state index in [1.165, 1.54) is 18.2 Å². The second kappa shape index (κ2) is 7.16. The van der Waals surface area contributed by atoms with E-state index in [0.717, 1.165) is 0 Å². The van der Waals surface area contributed by atoms with Crippen LogP contribution in [0.2, 0.25) is 0 Å². The Bertz CT molecular complexity index is 465. The topological polar surface area (TPSA) is 102 Å². The first kappa shape index (κ1) is 16.3. The predicted octanol–water partition coefficient (Wildman–Crippen LogP) is 0.261. The minimum absolute atomic E-state index is 0.103. The number of nitrogens with two attached hydrogens (primary N) is 1. The highest BCUT2D eigenvalue weighted by Crippen LogP contribution is 2.15. The summed E-state index contributed by atoms with van der Waals surface area (Å²) in [6.45, 7) is 4.18. The van der Waals surface area contributed by atoms with Crippen molar-refractivity contribution in [2.45, 2.75) is 25.9 Å². The van der Waals surface area contributed by atoms with Gasteiger partial charge in [-0.3, -0.25) is 4.79 Å². The van der Waals surface area contributed by atoms with E-state index in [1.54, 1.807) is 7.05 Å². The maximum Gasteiger partial charge on any atom is 0.274 e. The quantitative estimate of drug-likeness (QED) is 0.776. The third kappa shape index (κ3) is 4.14. The number of likely N-dealkylation sites (N-methyl/N-ethyl adjacent to an activating group) is 1. The number of nitrogens with zero attached hydrogens (tertiary/aromatic N) is 3. The molecule has 1 unspecified atom stereocenters. The van der Waals surface area contributed by atoms with E-state index in [4.69, 9.17) is 10.5 Å². The molecule has 0 fully saturated rings. The molecular formula is C13H22N4O3. The fourth-order valence-corrected chi connectivity index (χ4v) is 1.68. The number of anilines is 1. The normalized spacial score (nSPS) is 12.5. The molecule has 7 heteroatoms. The molecule has 1 atom stereocenters. The van der Waals surface area contributed by atoms with Crippen LogP contribution in [0.4, 0.5) is 5.69 Å². The zero-order chi connectivity index (χ0) is 15.3. The van der Waals surface area contributed by atoms with Gasteiger partial charge in [0, 0.05) is 26.6 Å². The molecule has 0 aliphatic heterocycles. The number of carbonyl (C=O) groups excluding carboxylic acids is 1. The first-order chi connectivity index (χ1) is 9.36. The van der Waals surface area contributed by atoms with Crippen LogP contribution in [0, 0.1) is 0 Å². The summed E-state index contributed by atoms with van der Waals surface area (Å²) in [7, 11) is 3.07. The second-order valence-corrected chi connectivity index (χ2v) is 4.98. The van der Waals surface area contributed by atoms with Crippen molar-refractivity contribution in [1.82, 2.24) is 14.9 Å². The van der Waals surface area contributed by atoms with Gasteiger partial charge >= 0.3 is 0 Å². The van der Waals surface area contributed by atoms with Crippen LogP contribution < -0.4 is 5.73 Å². The van der Waals surface area contributed by atoms with Gasteiger partial charge in [-0.2, -0.15) is 0 Å². The summed E-state index contributed by atoms with van der Waals surface area (Å²) in [4.78, 5) is 22.0. The minimum Gasteiger partial charge on any atom is -0.396 e. The van der Waals surface area contributed by atoms with Crippen molar-refractivity contribution in [3.63, 3.8) is 0 Å². The molecule has 1 amide bonds. The van der Waals surface area contributed by atoms with Crippen LogP contribution in [0.1, 0.15) is 36.1 Å². The van der Waals surface area contributed by atoms with Crippen molar-refractivity contribution in [1.29, 1.82) is 0 Å². The van der Waals surface area contributed by atoms with E-state index in [9.17, 15) is 9.90 Å². The highest BCUT2D eigenvalue weighted by atomic mass is 16.5. The molecule has 0 aliphatic rings. The van der Waals surface area contributed by atoms with E-state index in [1.807, 2.05) is 13.8 Å². The van der Waals surface area contributed by atoms with Gasteiger partial charge in [0.25, 0.3) is 5.91 Å². The number of aliphatic hydroxyl groups excluding tert-OH is 1. The van der Waals surface area contributed by atoms with E-state index in [0.29, 0.717) is 5.82 Å². The molecule has 0 aromatic carbocycles. The molecule has 0 saturated heterocycles. The number of hydrogen-bond acceptors (Lipinski definition) is 6. The molecule has 0 aliphatic carbocycles. The molecule has 1 aromatic heterocycles. The first-order valence-electron chi connectivity index (χ1n) is 6.41. The lowest BCUT2D eigenvalue weighted by atomic mass is 10.2. The van der Waals surface area contributed by atoms with Crippen molar-refractivity contribution < 1.29 is 14.6 Å². The first-order valence-corrected chi connectivity index (χ1v) is 6.41. The number of amides is 1. The monoisotopic (exact) mass is 282 g/mol. The zero-order valence-electron chi connectivity index (χ0n) is 12.3. The SMILES string of the molecule is COCC(O)CN(C)C(=O)c1nc(C(C)C)ncc1N. The standard InChI is InChI=1S/C13H22N4O3/c1-8(2)12-15-5-10(14)11(16-12)13(19)17(3)6-9(18)7-20-4/h5,8-9,18H,6-7,14H2,1-4H3. The summed E-state index contributed by atoms with van der Waals surface area (Å²) in [5, 5.41) is 9.64. The largest absolute Gasteiger partial charge is 0.396 e. The summed E-state index contributed by atoms with van der Waals surface area (Å²) >= 11 is 0. The number of hydrogen-bond donors (Lipinski definition) is 2. The van der Waals surface area contributed by atoms with E-state index < -0.39 is 6.10 Å². The van der Waals surface area contributed by atoms with Crippen LogP contribution >= 0.6 is 0 Å². The number of methoxy groups -OCH3 is 1. The molecule has 0 spiro atoms. The third-order valence-electron chi connectivity index (χ3n) is 2.75. The van der Waals surface area contributed by atoms with Gasteiger partial charge in [-0.05, 0) is 0 Å². The molecule has 112 valence electrons. The van der Waals surface area contributed by atoms with E-state index in [-0.39, 0.29) is 36.4 Å². The van der Waals surface area contributed by atoms with Gasteiger partial charge in [-0.1, -0.05) is 13.8 Å². The van der Waals surface area contributed by atoms with E-state index in [2.05, 4.69) is 9.97 Å². The minimum atomic E-state index is -0.749. The van der Waals surface area contributed by atoms with Crippen LogP contribution in [-0.2, 0) is 4.74 Å². The summed E-state index contributed by atoms with van der Waals surface area (Å²) in [5.41, 5.74) is 6.15. The Morgan fingerprint density at radius 1 is 1.55 bits per heavy atom. The van der Waals surface area contributed by atoms with Crippen molar-refractivity contribution >= 4 is 11.6 Å². The Labute approximate surface area is 118 Å². The third-order valence-corrected chi connectivity index (χ3v) is 2.75. The van der Waals surface area contributed by atoms with Crippen LogP contribution in [0.15, 0.2) is 6.20 Å². The van der Waals surface area contributed by atoms with Crippen molar-refractivity contribution in [3.05, 3.63) is 17.7 Å². The number of nitrogen functional groups attached to an aromatic ring is 1. The smallest absolute Gasteiger partial charge is 0.274 e. The predicted molar refractivity (Wildman–Crippen MR) is 75.4 cm³/mol. The van der Waals surface area contributed by atoms with Gasteiger partial charge in [-0.15, -0.1) is 0 Å². The molecule has 3 N–H and O–H groups in total. The van der Waals surface area contributed by atoms with Gasteiger partial charge in [-0.25, -0.2) is 9.97 Å². The lowest BCUT2D eigenvalue weighted by molar-refractivity contribution is 0.0378. The lowest BCUT2D eigenvalue weighted by Gasteiger charge is -2.21. The summed E-state index contributed by atoms with van der Waals surface area (Å²) < 4.78 is 4.83. The van der Waals surface area contributed by atoms with E-state index >= 15 is 0 Å². The second-order valence-electron chi connectivity index (χ2n) is 4.98. The maximum absolute atomic E-state index is 12.3. The summed E-state index contributed by atoms with van der Waals surface area (Å²) in [5.74, 6) is 0.321. The highest BCUT2D eigenvalue weighted by molar-refractivity contribution is 5.96. The average molecular weight is 282 g/mol. The van der Waals surface area contributed by atoms with Crippen LogP contribution in [0.5, 0.6) is 0 Å². The summed E-state index contributed by atoms with van der Waals surface area (Å²) in [6.07, 6.45) is 0.691. The molecular weight excluding hydrogens is 260 g/mol. The van der Waals surface area contributed by atoms with Gasteiger partial charge < -0.3 is 20.5 Å². The zero-order valence-corrected chi connectivity index (χ0v) is 12.3. The van der Waals surface area contributed by atoms with Gasteiger partial charge in [0.2, 0.25) is 0 Å². The maximum atomic E-state index is 12.3. The Kier molecular flexibility index (Phi) is 5.84. The van der Waals surface area contributed by atoms with Crippen molar-refractivity contribution in [3.8, 4) is 0 Å². The Hall–Kier alpha value is -1.73. The number of rotatable bonds is 6. The number of carbonyl (C=O) groups is 1. The summed E-state index contributed by atoms with van der Waals surface area (Å²) in [6, 6.07) is 0. The molecule has 7 nitrogen and oxygen atoms in total. The number of aliphatic hydroxyl groups is 1. The van der Waals surface area contributed by atoms with Crippen LogP contribution in [0.25, 0.3) is 0 Å². The number of aromatic nitrogens is 2. The Morgan fingerprint density at radius 3 is 2.75 bits per heavy atom. The molecule has 0 saturated carbocycles. The fourth-order valence-electron chi connectivity index (χ4n) is 1.68.